The molecule has 1 aliphatic heterocycles. The monoisotopic (exact) mass is 281 g/mol. The van der Waals surface area contributed by atoms with E-state index in [-0.39, 0.29) is 24.0 Å². The van der Waals surface area contributed by atoms with E-state index in [9.17, 15) is 9.59 Å². The van der Waals surface area contributed by atoms with Gasteiger partial charge in [0.05, 0.1) is 6.04 Å². The normalized spacial score (nSPS) is 26.2. The molecule has 114 valence electrons. The van der Waals surface area contributed by atoms with Gasteiger partial charge in [-0.15, -0.1) is 0 Å². The Hall–Kier alpha value is -1.10. The molecule has 0 spiro atoms. The predicted molar refractivity (Wildman–Crippen MR) is 78.4 cm³/mol. The minimum Gasteiger partial charge on any atom is -0.335 e. The van der Waals surface area contributed by atoms with Crippen molar-refractivity contribution in [3.63, 3.8) is 0 Å². The quantitative estimate of drug-likeness (QED) is 0.830. The fraction of sp³-hybridized carbons (Fsp3) is 0.867. The van der Waals surface area contributed by atoms with Gasteiger partial charge in [0.1, 0.15) is 0 Å². The summed E-state index contributed by atoms with van der Waals surface area (Å²) in [4.78, 5) is 26.1. The molecular weight excluding hydrogens is 254 g/mol. The minimum atomic E-state index is -0.334. The SMILES string of the molecule is C[C@H]1CCCN([C@H](C)C(=O)NC(=O)NC2CCCC2)C1. The van der Waals surface area contributed by atoms with E-state index in [1.54, 1.807) is 0 Å². The van der Waals surface area contributed by atoms with Crippen LogP contribution in [0.25, 0.3) is 0 Å². The zero-order valence-electron chi connectivity index (χ0n) is 12.7. The second-order valence-corrected chi connectivity index (χ2v) is 6.36. The van der Waals surface area contributed by atoms with Gasteiger partial charge < -0.3 is 5.32 Å². The van der Waals surface area contributed by atoms with E-state index in [4.69, 9.17) is 0 Å². The molecule has 2 fully saturated rings. The van der Waals surface area contributed by atoms with Crippen molar-refractivity contribution in [2.75, 3.05) is 13.1 Å². The lowest BCUT2D eigenvalue weighted by atomic mass is 9.99. The molecule has 0 unspecified atom stereocenters. The van der Waals surface area contributed by atoms with Gasteiger partial charge in [0.15, 0.2) is 0 Å². The zero-order valence-corrected chi connectivity index (χ0v) is 12.7. The summed E-state index contributed by atoms with van der Waals surface area (Å²) in [6.07, 6.45) is 6.75. The van der Waals surface area contributed by atoms with E-state index in [1.807, 2.05) is 6.92 Å². The molecule has 5 heteroatoms. The van der Waals surface area contributed by atoms with Crippen molar-refractivity contribution < 1.29 is 9.59 Å². The van der Waals surface area contributed by atoms with Crippen LogP contribution in [0.3, 0.4) is 0 Å². The van der Waals surface area contributed by atoms with Gasteiger partial charge in [-0.3, -0.25) is 15.0 Å². The standard InChI is InChI=1S/C15H27N3O2/c1-11-6-5-9-18(10-11)12(2)14(19)17-15(20)16-13-7-3-4-8-13/h11-13H,3-10H2,1-2H3,(H2,16,17,19,20)/t11-,12+/m0/s1. The molecule has 0 aromatic heterocycles. The van der Waals surface area contributed by atoms with E-state index in [2.05, 4.69) is 22.5 Å². The summed E-state index contributed by atoms with van der Waals surface area (Å²) in [6, 6.07) is -0.320. The number of piperidine rings is 1. The van der Waals surface area contributed by atoms with Crippen LogP contribution in [0.4, 0.5) is 4.79 Å². The van der Waals surface area contributed by atoms with Gasteiger partial charge in [-0.05, 0) is 45.1 Å². The van der Waals surface area contributed by atoms with Crippen LogP contribution in [0, 0.1) is 5.92 Å². The first-order chi connectivity index (χ1) is 9.56. The van der Waals surface area contributed by atoms with E-state index in [0.29, 0.717) is 5.92 Å². The van der Waals surface area contributed by atoms with Gasteiger partial charge in [-0.25, -0.2) is 4.79 Å². The summed E-state index contributed by atoms with van der Waals surface area (Å²) < 4.78 is 0. The van der Waals surface area contributed by atoms with Crippen molar-refractivity contribution in [3.8, 4) is 0 Å². The highest BCUT2D eigenvalue weighted by molar-refractivity contribution is 5.96. The van der Waals surface area contributed by atoms with Gasteiger partial charge in [-0.2, -0.15) is 0 Å². The van der Waals surface area contributed by atoms with E-state index >= 15 is 0 Å². The van der Waals surface area contributed by atoms with Crippen molar-refractivity contribution >= 4 is 11.9 Å². The summed E-state index contributed by atoms with van der Waals surface area (Å²) >= 11 is 0. The molecule has 0 bridgehead atoms. The van der Waals surface area contributed by atoms with Gasteiger partial charge in [0.25, 0.3) is 0 Å². The average molecular weight is 281 g/mol. The van der Waals surface area contributed by atoms with Crippen LogP contribution in [0.15, 0.2) is 0 Å². The van der Waals surface area contributed by atoms with E-state index in [0.717, 1.165) is 32.4 Å². The molecule has 1 saturated carbocycles. The minimum absolute atomic E-state index is 0.186. The van der Waals surface area contributed by atoms with Crippen LogP contribution in [0.5, 0.6) is 0 Å². The number of nitrogens with one attached hydrogen (secondary N) is 2. The highest BCUT2D eigenvalue weighted by Crippen LogP contribution is 2.18. The first kappa shape index (κ1) is 15.3. The Morgan fingerprint density at radius 2 is 1.85 bits per heavy atom. The summed E-state index contributed by atoms with van der Waals surface area (Å²) in [5.74, 6) is 0.445. The third kappa shape index (κ3) is 4.20. The lowest BCUT2D eigenvalue weighted by molar-refractivity contribution is -0.125. The third-order valence-corrected chi connectivity index (χ3v) is 4.54. The fourth-order valence-corrected chi connectivity index (χ4v) is 3.25. The zero-order chi connectivity index (χ0) is 14.5. The van der Waals surface area contributed by atoms with Crippen LogP contribution in [-0.4, -0.2) is 42.0 Å². The number of rotatable bonds is 3. The van der Waals surface area contributed by atoms with E-state index in [1.165, 1.54) is 19.3 Å². The molecule has 0 aromatic carbocycles. The lowest BCUT2D eigenvalue weighted by Gasteiger charge is -2.34. The Labute approximate surface area is 121 Å². The molecular formula is C15H27N3O2. The van der Waals surface area contributed by atoms with Crippen molar-refractivity contribution in [2.24, 2.45) is 5.92 Å². The van der Waals surface area contributed by atoms with Gasteiger partial charge in [-0.1, -0.05) is 19.8 Å². The number of likely N-dealkylation sites (tertiary alicyclic amines) is 1. The summed E-state index contributed by atoms with van der Waals surface area (Å²) in [5, 5.41) is 5.38. The largest absolute Gasteiger partial charge is 0.335 e. The second-order valence-electron chi connectivity index (χ2n) is 6.36. The molecule has 2 N–H and O–H groups in total. The van der Waals surface area contributed by atoms with Gasteiger partial charge in [0.2, 0.25) is 5.91 Å². The Balaban J connectivity index is 1.76. The van der Waals surface area contributed by atoms with Crippen molar-refractivity contribution in [3.05, 3.63) is 0 Å². The fourth-order valence-electron chi connectivity index (χ4n) is 3.25. The topological polar surface area (TPSA) is 61.4 Å². The molecule has 1 heterocycles. The summed E-state index contributed by atoms with van der Waals surface area (Å²) in [5.41, 5.74) is 0. The van der Waals surface area contributed by atoms with Crippen LogP contribution in [0.2, 0.25) is 0 Å². The lowest BCUT2D eigenvalue weighted by Crippen LogP contribution is -2.52. The Kier molecular flexibility index (Phi) is 5.40. The molecule has 2 atom stereocenters. The number of hydrogen-bond donors (Lipinski definition) is 2. The smallest absolute Gasteiger partial charge is 0.321 e. The first-order valence-electron chi connectivity index (χ1n) is 7.91. The predicted octanol–water partition coefficient (Wildman–Crippen LogP) is 1.88. The molecule has 0 aromatic rings. The maximum atomic E-state index is 12.1. The van der Waals surface area contributed by atoms with Crippen molar-refractivity contribution in [2.45, 2.75) is 64.5 Å². The molecule has 0 radical (unpaired) electrons. The second kappa shape index (κ2) is 7.07. The van der Waals surface area contributed by atoms with Crippen LogP contribution >= 0.6 is 0 Å². The summed E-state index contributed by atoms with van der Waals surface area (Å²) in [7, 11) is 0. The van der Waals surface area contributed by atoms with Gasteiger partial charge in [0, 0.05) is 12.6 Å². The Morgan fingerprint density at radius 1 is 1.15 bits per heavy atom. The van der Waals surface area contributed by atoms with Crippen LogP contribution in [-0.2, 0) is 4.79 Å². The molecule has 1 aliphatic carbocycles. The number of carbonyl (C=O) groups is 2. The Bertz CT molecular complexity index is 353. The molecule has 5 nitrogen and oxygen atoms in total. The van der Waals surface area contributed by atoms with Crippen LogP contribution < -0.4 is 10.6 Å². The van der Waals surface area contributed by atoms with Crippen LogP contribution in [0.1, 0.15) is 52.4 Å². The maximum Gasteiger partial charge on any atom is 0.321 e. The number of carbonyl (C=O) groups excluding carboxylic acids is 2. The van der Waals surface area contributed by atoms with Crippen molar-refractivity contribution in [1.29, 1.82) is 0 Å². The Morgan fingerprint density at radius 3 is 2.50 bits per heavy atom. The molecule has 2 rings (SSSR count). The number of hydrogen-bond acceptors (Lipinski definition) is 3. The van der Waals surface area contributed by atoms with Crippen molar-refractivity contribution in [1.82, 2.24) is 15.5 Å². The number of nitrogens with zero attached hydrogens (tertiary/aromatic N) is 1. The summed E-state index contributed by atoms with van der Waals surface area (Å²) in [6.45, 7) is 5.99. The van der Waals surface area contributed by atoms with E-state index < -0.39 is 0 Å². The molecule has 1 saturated heterocycles. The highest BCUT2D eigenvalue weighted by atomic mass is 16.2. The maximum absolute atomic E-state index is 12.1. The first-order valence-corrected chi connectivity index (χ1v) is 7.91. The average Bonchev–Trinajstić information content (AvgIpc) is 2.90. The number of urea groups is 1. The van der Waals surface area contributed by atoms with Gasteiger partial charge >= 0.3 is 6.03 Å². The molecule has 20 heavy (non-hydrogen) atoms. The molecule has 2 aliphatic rings. The highest BCUT2D eigenvalue weighted by Gasteiger charge is 2.27. The number of amides is 3. The molecule has 3 amide bonds. The third-order valence-electron chi connectivity index (χ3n) is 4.54. The number of imide groups is 1.